The van der Waals surface area contributed by atoms with Crippen molar-refractivity contribution in [2.45, 2.75) is 45.4 Å². The highest BCUT2D eigenvalue weighted by Crippen LogP contribution is 2.37. The van der Waals surface area contributed by atoms with Crippen molar-refractivity contribution in [2.24, 2.45) is 0 Å². The normalized spacial score (nSPS) is 24.4. The van der Waals surface area contributed by atoms with Crippen LogP contribution in [-0.4, -0.2) is 47.3 Å². The molecule has 21 heavy (non-hydrogen) atoms. The number of ether oxygens (including phenoxy) is 2. The monoisotopic (exact) mass is 291 g/mol. The Bertz CT molecular complexity index is 570. The molecular weight excluding hydrogens is 270 g/mol. The summed E-state index contributed by atoms with van der Waals surface area (Å²) in [5.41, 5.74) is 1.48. The Balaban J connectivity index is 2.05. The fourth-order valence-corrected chi connectivity index (χ4v) is 3.02. The molecule has 5 heteroatoms. The minimum absolute atomic E-state index is 0.0214. The predicted molar refractivity (Wildman–Crippen MR) is 77.9 cm³/mol. The van der Waals surface area contributed by atoms with E-state index in [0.29, 0.717) is 36.6 Å². The molecule has 2 aliphatic heterocycles. The molecule has 2 atom stereocenters. The minimum atomic E-state index is -0.469. The van der Waals surface area contributed by atoms with Gasteiger partial charge in [-0.2, -0.15) is 0 Å². The molecule has 1 saturated heterocycles. The van der Waals surface area contributed by atoms with Gasteiger partial charge in [0.2, 0.25) is 0 Å². The largest absolute Gasteiger partial charge is 0.490 e. The Kier molecular flexibility index (Phi) is 3.53. The maximum atomic E-state index is 12.8. The van der Waals surface area contributed by atoms with E-state index in [1.54, 1.807) is 4.90 Å². The van der Waals surface area contributed by atoms with Crippen molar-refractivity contribution < 1.29 is 19.4 Å². The number of amides is 1. The fourth-order valence-electron chi connectivity index (χ4n) is 3.02. The summed E-state index contributed by atoms with van der Waals surface area (Å²) in [6.07, 6.45) is 0.0787. The molecule has 0 saturated carbocycles. The number of nitrogens with zero attached hydrogens (tertiary/aromatic N) is 1. The van der Waals surface area contributed by atoms with Gasteiger partial charge in [0.25, 0.3) is 5.91 Å². The van der Waals surface area contributed by atoms with Gasteiger partial charge < -0.3 is 19.5 Å². The van der Waals surface area contributed by atoms with Crippen LogP contribution in [0.2, 0.25) is 0 Å². The van der Waals surface area contributed by atoms with Crippen molar-refractivity contribution in [3.05, 3.63) is 23.3 Å². The van der Waals surface area contributed by atoms with E-state index < -0.39 is 6.10 Å². The molecule has 0 unspecified atom stereocenters. The van der Waals surface area contributed by atoms with Crippen molar-refractivity contribution >= 4 is 5.91 Å². The number of hydrogen-bond donors (Lipinski definition) is 1. The van der Waals surface area contributed by atoms with Crippen LogP contribution in [0, 0.1) is 6.92 Å². The quantitative estimate of drug-likeness (QED) is 0.902. The molecule has 2 heterocycles. The summed E-state index contributed by atoms with van der Waals surface area (Å²) in [5.74, 6) is 1.03. The standard InChI is InChI=1S/C16H21NO4/c1-9(2)21-14-5-10(3)4-13-15(14)16(19)17-7-12(18)6-11(17)8-20-13/h4-5,9,11-12,18H,6-8H2,1-3H3/t11-,12-/m1/s1. The van der Waals surface area contributed by atoms with Gasteiger partial charge in [-0.15, -0.1) is 0 Å². The SMILES string of the molecule is Cc1cc2c(c(OC(C)C)c1)C(=O)N1C[C@H](O)C[C@@H]1CO2. The second-order valence-electron chi connectivity index (χ2n) is 6.11. The topological polar surface area (TPSA) is 59.0 Å². The number of carbonyl (C=O) groups excluding carboxylic acids is 1. The molecule has 0 aromatic heterocycles. The Morgan fingerprint density at radius 2 is 2.19 bits per heavy atom. The van der Waals surface area contributed by atoms with Crippen LogP contribution in [0.15, 0.2) is 12.1 Å². The molecule has 2 aliphatic rings. The molecule has 0 aliphatic carbocycles. The van der Waals surface area contributed by atoms with Crippen LogP contribution in [0.1, 0.15) is 36.2 Å². The lowest BCUT2D eigenvalue weighted by molar-refractivity contribution is 0.0705. The van der Waals surface area contributed by atoms with Gasteiger partial charge in [-0.05, 0) is 44.9 Å². The van der Waals surface area contributed by atoms with E-state index in [-0.39, 0.29) is 18.1 Å². The number of hydrogen-bond acceptors (Lipinski definition) is 4. The smallest absolute Gasteiger partial charge is 0.261 e. The van der Waals surface area contributed by atoms with Gasteiger partial charge in [0.1, 0.15) is 23.7 Å². The zero-order valence-corrected chi connectivity index (χ0v) is 12.6. The summed E-state index contributed by atoms with van der Waals surface area (Å²) in [5, 5.41) is 9.80. The van der Waals surface area contributed by atoms with E-state index in [1.165, 1.54) is 0 Å². The van der Waals surface area contributed by atoms with Gasteiger partial charge in [0.05, 0.1) is 18.2 Å². The van der Waals surface area contributed by atoms with Crippen molar-refractivity contribution in [3.8, 4) is 11.5 Å². The van der Waals surface area contributed by atoms with E-state index in [4.69, 9.17) is 9.47 Å². The highest BCUT2D eigenvalue weighted by molar-refractivity contribution is 6.00. The maximum Gasteiger partial charge on any atom is 0.261 e. The molecule has 1 N–H and O–H groups in total. The molecule has 1 aromatic carbocycles. The molecule has 0 radical (unpaired) electrons. The number of fused-ring (bicyclic) bond motifs is 2. The lowest BCUT2D eigenvalue weighted by atomic mass is 10.1. The van der Waals surface area contributed by atoms with Crippen molar-refractivity contribution in [3.63, 3.8) is 0 Å². The van der Waals surface area contributed by atoms with Crippen LogP contribution in [0.5, 0.6) is 11.5 Å². The molecule has 1 aromatic rings. The molecule has 1 fully saturated rings. The first-order valence-corrected chi connectivity index (χ1v) is 7.39. The van der Waals surface area contributed by atoms with E-state index in [0.717, 1.165) is 5.56 Å². The number of aliphatic hydroxyl groups is 1. The molecular formula is C16H21NO4. The zero-order chi connectivity index (χ0) is 15.1. The van der Waals surface area contributed by atoms with Gasteiger partial charge >= 0.3 is 0 Å². The van der Waals surface area contributed by atoms with E-state index in [2.05, 4.69) is 0 Å². The molecule has 5 nitrogen and oxygen atoms in total. The first-order valence-electron chi connectivity index (χ1n) is 7.39. The molecule has 0 bridgehead atoms. The number of aliphatic hydroxyl groups excluding tert-OH is 1. The molecule has 0 spiro atoms. The van der Waals surface area contributed by atoms with E-state index in [9.17, 15) is 9.90 Å². The second kappa shape index (κ2) is 5.22. The lowest BCUT2D eigenvalue weighted by Crippen LogP contribution is -2.37. The first-order chi connectivity index (χ1) is 9.95. The molecule has 114 valence electrons. The summed E-state index contributed by atoms with van der Waals surface area (Å²) in [4.78, 5) is 14.5. The van der Waals surface area contributed by atoms with Crippen LogP contribution < -0.4 is 9.47 Å². The van der Waals surface area contributed by atoms with Crippen LogP contribution in [0.3, 0.4) is 0 Å². The molecule has 1 amide bonds. The van der Waals surface area contributed by atoms with Crippen LogP contribution in [0.4, 0.5) is 0 Å². The Morgan fingerprint density at radius 1 is 1.43 bits per heavy atom. The Morgan fingerprint density at radius 3 is 2.90 bits per heavy atom. The number of carbonyl (C=O) groups is 1. The minimum Gasteiger partial charge on any atom is -0.490 e. The third kappa shape index (κ3) is 2.58. The third-order valence-electron chi connectivity index (χ3n) is 3.87. The van der Waals surface area contributed by atoms with Crippen LogP contribution in [-0.2, 0) is 0 Å². The summed E-state index contributed by atoms with van der Waals surface area (Å²) in [7, 11) is 0. The summed E-state index contributed by atoms with van der Waals surface area (Å²) < 4.78 is 11.6. The van der Waals surface area contributed by atoms with Gasteiger partial charge in [0.15, 0.2) is 0 Å². The summed E-state index contributed by atoms with van der Waals surface area (Å²) in [6.45, 7) is 6.59. The van der Waals surface area contributed by atoms with Gasteiger partial charge in [-0.3, -0.25) is 4.79 Å². The molecule has 3 rings (SSSR count). The van der Waals surface area contributed by atoms with Crippen LogP contribution in [0.25, 0.3) is 0 Å². The van der Waals surface area contributed by atoms with E-state index >= 15 is 0 Å². The first kappa shape index (κ1) is 14.2. The number of aryl methyl sites for hydroxylation is 1. The third-order valence-corrected chi connectivity index (χ3v) is 3.87. The number of rotatable bonds is 2. The summed E-state index contributed by atoms with van der Waals surface area (Å²) in [6, 6.07) is 3.68. The highest BCUT2D eigenvalue weighted by Gasteiger charge is 2.40. The average Bonchev–Trinajstić information content (AvgIpc) is 2.70. The van der Waals surface area contributed by atoms with Crippen molar-refractivity contribution in [2.75, 3.05) is 13.2 Å². The fraction of sp³-hybridized carbons (Fsp3) is 0.562. The van der Waals surface area contributed by atoms with Gasteiger partial charge in [0, 0.05) is 6.54 Å². The highest BCUT2D eigenvalue weighted by atomic mass is 16.5. The predicted octanol–water partition coefficient (Wildman–Crippen LogP) is 1.75. The van der Waals surface area contributed by atoms with Gasteiger partial charge in [-0.1, -0.05) is 0 Å². The van der Waals surface area contributed by atoms with Gasteiger partial charge in [-0.25, -0.2) is 0 Å². The number of benzene rings is 1. The zero-order valence-electron chi connectivity index (χ0n) is 12.6. The Labute approximate surface area is 124 Å². The Hall–Kier alpha value is -1.75. The van der Waals surface area contributed by atoms with Crippen molar-refractivity contribution in [1.82, 2.24) is 4.90 Å². The van der Waals surface area contributed by atoms with Crippen molar-refractivity contribution in [1.29, 1.82) is 0 Å². The van der Waals surface area contributed by atoms with Crippen LogP contribution >= 0.6 is 0 Å². The average molecular weight is 291 g/mol. The summed E-state index contributed by atoms with van der Waals surface area (Å²) >= 11 is 0. The second-order valence-corrected chi connectivity index (χ2v) is 6.11. The van der Waals surface area contributed by atoms with E-state index in [1.807, 2.05) is 32.9 Å². The lowest BCUT2D eigenvalue weighted by Gasteiger charge is -2.21. The maximum absolute atomic E-state index is 12.8.